The van der Waals surface area contributed by atoms with Crippen molar-refractivity contribution in [2.24, 2.45) is 0 Å². The fourth-order valence-electron chi connectivity index (χ4n) is 1.45. The number of carbonyl (C=O) groups is 1. The molecule has 0 fully saturated rings. The summed E-state index contributed by atoms with van der Waals surface area (Å²) in [7, 11) is 0. The second-order valence-electron chi connectivity index (χ2n) is 3.59. The van der Waals surface area contributed by atoms with Gasteiger partial charge in [-0.15, -0.1) is 5.10 Å². The van der Waals surface area contributed by atoms with Gasteiger partial charge in [0.05, 0.1) is 29.0 Å². The van der Waals surface area contributed by atoms with E-state index < -0.39 is 5.97 Å². The molecule has 0 unspecified atom stereocenters. The van der Waals surface area contributed by atoms with E-state index in [1.54, 1.807) is 23.1 Å². The van der Waals surface area contributed by atoms with Gasteiger partial charge in [-0.1, -0.05) is 16.8 Å². The topological polar surface area (TPSA) is 80.0 Å². The lowest BCUT2D eigenvalue weighted by atomic mass is 10.2. The number of hydrogen-bond donors (Lipinski definition) is 2. The molecule has 2 aromatic rings. The maximum atomic E-state index is 10.7. The molecule has 1 aromatic heterocycles. The zero-order chi connectivity index (χ0) is 13.0. The molecule has 2 rings (SSSR count). The average Bonchev–Trinajstić information content (AvgIpc) is 2.84. The number of aromatic nitrogens is 3. The molecule has 0 saturated carbocycles. The van der Waals surface area contributed by atoms with Crippen molar-refractivity contribution < 1.29 is 9.90 Å². The number of carboxylic acid groups (broad SMARTS) is 1. The van der Waals surface area contributed by atoms with Gasteiger partial charge in [0.1, 0.15) is 0 Å². The van der Waals surface area contributed by atoms with Crippen molar-refractivity contribution in [3.63, 3.8) is 0 Å². The Balaban J connectivity index is 1.95. The number of halogens is 1. The van der Waals surface area contributed by atoms with E-state index in [0.29, 0.717) is 23.8 Å². The van der Waals surface area contributed by atoms with Gasteiger partial charge in [0.15, 0.2) is 0 Å². The van der Waals surface area contributed by atoms with Crippen LogP contribution in [0.1, 0.15) is 10.4 Å². The third-order valence-corrected chi connectivity index (χ3v) is 2.66. The van der Waals surface area contributed by atoms with E-state index in [4.69, 9.17) is 16.7 Å². The molecule has 0 atom stereocenters. The van der Waals surface area contributed by atoms with Gasteiger partial charge >= 0.3 is 5.97 Å². The Morgan fingerprint density at radius 3 is 2.94 bits per heavy atom. The first-order chi connectivity index (χ1) is 8.66. The largest absolute Gasteiger partial charge is 0.478 e. The van der Waals surface area contributed by atoms with E-state index in [1.807, 2.05) is 0 Å². The first kappa shape index (κ1) is 12.4. The number of benzene rings is 1. The summed E-state index contributed by atoms with van der Waals surface area (Å²) in [6.45, 7) is 1.27. The fourth-order valence-corrected chi connectivity index (χ4v) is 1.70. The summed E-state index contributed by atoms with van der Waals surface area (Å²) in [5.41, 5.74) is 0.864. The Kier molecular flexibility index (Phi) is 3.78. The van der Waals surface area contributed by atoms with E-state index in [-0.39, 0.29) is 5.56 Å². The highest BCUT2D eigenvalue weighted by atomic mass is 35.5. The van der Waals surface area contributed by atoms with Crippen LogP contribution in [0.15, 0.2) is 30.6 Å². The number of hydrogen-bond acceptors (Lipinski definition) is 4. The van der Waals surface area contributed by atoms with Crippen molar-refractivity contribution in [2.75, 3.05) is 11.9 Å². The van der Waals surface area contributed by atoms with Crippen molar-refractivity contribution in [1.82, 2.24) is 15.0 Å². The van der Waals surface area contributed by atoms with Crippen LogP contribution in [0.3, 0.4) is 0 Å². The van der Waals surface area contributed by atoms with Crippen molar-refractivity contribution in [1.29, 1.82) is 0 Å². The molecule has 0 aliphatic carbocycles. The van der Waals surface area contributed by atoms with Crippen molar-refractivity contribution in [2.45, 2.75) is 6.54 Å². The molecule has 0 saturated heterocycles. The second kappa shape index (κ2) is 5.50. The van der Waals surface area contributed by atoms with Crippen LogP contribution < -0.4 is 5.32 Å². The highest BCUT2D eigenvalue weighted by molar-refractivity contribution is 6.33. The number of nitrogens with one attached hydrogen (secondary N) is 1. The molecule has 7 heteroatoms. The normalized spacial score (nSPS) is 10.3. The van der Waals surface area contributed by atoms with Gasteiger partial charge in [0, 0.05) is 12.7 Å². The predicted molar refractivity (Wildman–Crippen MR) is 66.9 cm³/mol. The zero-order valence-electron chi connectivity index (χ0n) is 9.38. The molecule has 0 bridgehead atoms. The van der Waals surface area contributed by atoms with E-state index in [1.165, 1.54) is 12.1 Å². The van der Waals surface area contributed by atoms with Crippen LogP contribution in [0.4, 0.5) is 5.69 Å². The molecule has 0 amide bonds. The summed E-state index contributed by atoms with van der Waals surface area (Å²) >= 11 is 5.97. The van der Waals surface area contributed by atoms with Gasteiger partial charge in [-0.25, -0.2) is 4.79 Å². The minimum atomic E-state index is -0.994. The number of aromatic carboxylic acids is 1. The molecule has 0 aliphatic rings. The molecule has 1 aromatic carbocycles. The Morgan fingerprint density at radius 2 is 2.33 bits per heavy atom. The predicted octanol–water partition coefficient (Wildman–Crippen LogP) is 1.74. The monoisotopic (exact) mass is 266 g/mol. The van der Waals surface area contributed by atoms with E-state index in [9.17, 15) is 4.79 Å². The van der Waals surface area contributed by atoms with Crippen molar-refractivity contribution in [3.05, 3.63) is 41.2 Å². The number of anilines is 1. The van der Waals surface area contributed by atoms with Crippen LogP contribution in [0.25, 0.3) is 0 Å². The summed E-state index contributed by atoms with van der Waals surface area (Å²) in [6, 6.07) is 4.57. The van der Waals surface area contributed by atoms with Gasteiger partial charge in [-0.2, -0.15) is 0 Å². The summed E-state index contributed by atoms with van der Waals surface area (Å²) in [6.07, 6.45) is 3.37. The molecule has 1 heterocycles. The highest BCUT2D eigenvalue weighted by Crippen LogP contribution is 2.22. The zero-order valence-corrected chi connectivity index (χ0v) is 10.1. The summed E-state index contributed by atoms with van der Waals surface area (Å²) in [5.74, 6) is -0.994. The number of carboxylic acids is 1. The maximum Gasteiger partial charge on any atom is 0.335 e. The van der Waals surface area contributed by atoms with Crippen molar-refractivity contribution in [3.8, 4) is 0 Å². The molecule has 2 N–H and O–H groups in total. The Morgan fingerprint density at radius 1 is 1.50 bits per heavy atom. The first-order valence-electron chi connectivity index (χ1n) is 5.27. The fraction of sp³-hybridized carbons (Fsp3) is 0.182. The Bertz CT molecular complexity index is 542. The smallest absolute Gasteiger partial charge is 0.335 e. The lowest BCUT2D eigenvalue weighted by Crippen LogP contribution is -2.11. The molecule has 0 spiro atoms. The second-order valence-corrected chi connectivity index (χ2v) is 4.00. The summed E-state index contributed by atoms with van der Waals surface area (Å²) in [4.78, 5) is 10.7. The molecule has 0 aliphatic heterocycles. The Hall–Kier alpha value is -2.08. The molecule has 18 heavy (non-hydrogen) atoms. The maximum absolute atomic E-state index is 10.7. The van der Waals surface area contributed by atoms with Gasteiger partial charge in [0.2, 0.25) is 0 Å². The van der Waals surface area contributed by atoms with Crippen LogP contribution in [0.5, 0.6) is 0 Å². The minimum Gasteiger partial charge on any atom is -0.478 e. The first-order valence-corrected chi connectivity index (χ1v) is 5.65. The van der Waals surface area contributed by atoms with Crippen LogP contribution in [0.2, 0.25) is 5.02 Å². The van der Waals surface area contributed by atoms with E-state index in [0.717, 1.165) is 0 Å². The molecule has 94 valence electrons. The minimum absolute atomic E-state index is 0.168. The van der Waals surface area contributed by atoms with Crippen LogP contribution in [-0.2, 0) is 6.54 Å². The lowest BCUT2D eigenvalue weighted by Gasteiger charge is -2.08. The molecular formula is C11H11ClN4O2. The number of nitrogens with zero attached hydrogens (tertiary/aromatic N) is 3. The van der Waals surface area contributed by atoms with E-state index in [2.05, 4.69) is 15.6 Å². The summed E-state index contributed by atoms with van der Waals surface area (Å²) < 4.78 is 1.69. The molecule has 6 nitrogen and oxygen atoms in total. The average molecular weight is 267 g/mol. The van der Waals surface area contributed by atoms with E-state index >= 15 is 0 Å². The standard InChI is InChI=1S/C11H11ClN4O2/c12-9-7-8(11(17)18)1-2-10(9)13-3-5-16-6-4-14-15-16/h1-2,4,6-7,13H,3,5H2,(H,17,18). The van der Waals surface area contributed by atoms with Crippen LogP contribution in [-0.4, -0.2) is 32.6 Å². The lowest BCUT2D eigenvalue weighted by molar-refractivity contribution is 0.0697. The molecular weight excluding hydrogens is 256 g/mol. The SMILES string of the molecule is O=C(O)c1ccc(NCCn2ccnn2)c(Cl)c1. The van der Waals surface area contributed by atoms with Gasteiger partial charge in [-0.3, -0.25) is 4.68 Å². The molecule has 0 radical (unpaired) electrons. The van der Waals surface area contributed by atoms with Crippen LogP contribution >= 0.6 is 11.6 Å². The third kappa shape index (κ3) is 2.98. The summed E-state index contributed by atoms with van der Waals surface area (Å²) in [5, 5.41) is 19.8. The van der Waals surface area contributed by atoms with Gasteiger partial charge < -0.3 is 10.4 Å². The van der Waals surface area contributed by atoms with Gasteiger partial charge in [0.25, 0.3) is 0 Å². The number of rotatable bonds is 5. The van der Waals surface area contributed by atoms with Crippen LogP contribution in [0, 0.1) is 0 Å². The van der Waals surface area contributed by atoms with Gasteiger partial charge in [-0.05, 0) is 18.2 Å². The Labute approximate surface area is 108 Å². The highest BCUT2D eigenvalue weighted by Gasteiger charge is 2.06. The quantitative estimate of drug-likeness (QED) is 0.862. The van der Waals surface area contributed by atoms with Crippen molar-refractivity contribution >= 4 is 23.3 Å². The third-order valence-electron chi connectivity index (χ3n) is 2.34.